The van der Waals surface area contributed by atoms with E-state index >= 15 is 0 Å². The van der Waals surface area contributed by atoms with E-state index in [0.717, 1.165) is 11.1 Å². The minimum Gasteiger partial charge on any atom is -0.481 e. The van der Waals surface area contributed by atoms with E-state index in [1.54, 1.807) is 48.5 Å². The van der Waals surface area contributed by atoms with Crippen LogP contribution in [0.3, 0.4) is 0 Å². The van der Waals surface area contributed by atoms with E-state index in [4.69, 9.17) is 4.74 Å². The van der Waals surface area contributed by atoms with Gasteiger partial charge in [0.25, 0.3) is 17.7 Å². The van der Waals surface area contributed by atoms with Crippen molar-refractivity contribution in [2.24, 2.45) is 0 Å². The first-order valence-electron chi connectivity index (χ1n) is 11.9. The fourth-order valence-corrected chi connectivity index (χ4v) is 3.40. The van der Waals surface area contributed by atoms with Crippen LogP contribution in [-0.4, -0.2) is 23.8 Å². The third kappa shape index (κ3) is 7.18. The first-order chi connectivity index (χ1) is 17.1. The zero-order valence-electron chi connectivity index (χ0n) is 21.3. The van der Waals surface area contributed by atoms with Gasteiger partial charge in [-0.2, -0.15) is 0 Å². The quantitative estimate of drug-likeness (QED) is 0.401. The second kappa shape index (κ2) is 11.5. The van der Waals surface area contributed by atoms with Gasteiger partial charge in [0.15, 0.2) is 6.10 Å². The van der Waals surface area contributed by atoms with E-state index in [1.165, 1.54) is 0 Å². The second-order valence-electron chi connectivity index (χ2n) is 9.63. The smallest absolute Gasteiger partial charge is 0.279 e. The van der Waals surface area contributed by atoms with E-state index in [-0.39, 0.29) is 11.3 Å². The summed E-state index contributed by atoms with van der Waals surface area (Å²) in [5, 5.41) is 2.83. The van der Waals surface area contributed by atoms with Gasteiger partial charge in [-0.05, 0) is 72.9 Å². The van der Waals surface area contributed by atoms with Gasteiger partial charge in [-0.1, -0.05) is 57.5 Å². The Morgan fingerprint density at radius 3 is 1.89 bits per heavy atom. The molecule has 0 aliphatic heterocycles. The number of carbonyl (C=O) groups excluding carboxylic acids is 3. The first kappa shape index (κ1) is 26.5. The molecule has 3 aromatic rings. The molecule has 1 atom stereocenters. The molecule has 188 valence electrons. The Balaban J connectivity index is 1.52. The van der Waals surface area contributed by atoms with Crippen molar-refractivity contribution in [2.75, 3.05) is 5.32 Å². The number of benzene rings is 3. The minimum atomic E-state index is -0.747. The molecule has 1 unspecified atom stereocenters. The van der Waals surface area contributed by atoms with Crippen LogP contribution in [0.15, 0.2) is 72.8 Å². The monoisotopic (exact) mass is 487 g/mol. The molecule has 3 amide bonds. The second-order valence-corrected chi connectivity index (χ2v) is 9.63. The molecule has 0 aliphatic carbocycles. The van der Waals surface area contributed by atoms with Crippen LogP contribution >= 0.6 is 0 Å². The fraction of sp³-hybridized carbons (Fsp3) is 0.276. The maximum atomic E-state index is 12.6. The molecule has 0 aliphatic rings. The number of anilines is 1. The van der Waals surface area contributed by atoms with E-state index in [9.17, 15) is 14.4 Å². The van der Waals surface area contributed by atoms with Crippen molar-refractivity contribution in [1.82, 2.24) is 10.9 Å². The molecule has 3 aromatic carbocycles. The lowest BCUT2D eigenvalue weighted by Crippen LogP contribution is -2.47. The predicted molar refractivity (Wildman–Crippen MR) is 141 cm³/mol. The predicted octanol–water partition coefficient (Wildman–Crippen LogP) is 5.16. The third-order valence-corrected chi connectivity index (χ3v) is 5.68. The average molecular weight is 488 g/mol. The molecular formula is C29H33N3O4. The molecule has 0 heterocycles. The number of carbonyl (C=O) groups is 3. The highest BCUT2D eigenvalue weighted by Crippen LogP contribution is 2.22. The zero-order valence-corrected chi connectivity index (χ0v) is 21.3. The lowest BCUT2D eigenvalue weighted by atomic mass is 9.87. The molecule has 0 saturated heterocycles. The molecule has 0 spiro atoms. The Morgan fingerprint density at radius 1 is 0.778 bits per heavy atom. The molecule has 0 saturated carbocycles. The standard InChI is InChI=1S/C29H33N3O4/c1-6-25(36-24-17-7-19(2)8-18-24)28(35)32-31-27(34)21-11-15-23(16-12-21)30-26(33)20-9-13-22(14-10-20)29(3,4)5/h7-18,25H,6H2,1-5H3,(H,30,33)(H,31,34)(H,32,35). The van der Waals surface area contributed by atoms with Gasteiger partial charge in [0.05, 0.1) is 0 Å². The SMILES string of the molecule is CCC(Oc1ccc(C)cc1)C(=O)NNC(=O)c1ccc(NC(=O)c2ccc(C(C)(C)C)cc2)cc1. The number of hydrogen-bond acceptors (Lipinski definition) is 4. The van der Waals surface area contributed by atoms with Crippen LogP contribution in [0.1, 0.15) is 66.0 Å². The van der Waals surface area contributed by atoms with Crippen LogP contribution < -0.4 is 20.9 Å². The summed E-state index contributed by atoms with van der Waals surface area (Å²) in [6, 6.07) is 21.3. The van der Waals surface area contributed by atoms with Crippen molar-refractivity contribution in [3.8, 4) is 5.75 Å². The van der Waals surface area contributed by atoms with Crippen molar-refractivity contribution in [2.45, 2.75) is 52.6 Å². The summed E-state index contributed by atoms with van der Waals surface area (Å²) in [7, 11) is 0. The fourth-order valence-electron chi connectivity index (χ4n) is 3.40. The topological polar surface area (TPSA) is 96.5 Å². The van der Waals surface area contributed by atoms with Crippen LogP contribution in [-0.2, 0) is 10.2 Å². The Hall–Kier alpha value is -4.13. The third-order valence-electron chi connectivity index (χ3n) is 5.68. The van der Waals surface area contributed by atoms with Crippen molar-refractivity contribution in [3.05, 3.63) is 95.1 Å². The lowest BCUT2D eigenvalue weighted by Gasteiger charge is -2.19. The molecule has 0 radical (unpaired) electrons. The molecule has 3 rings (SSSR count). The summed E-state index contributed by atoms with van der Waals surface area (Å²) in [4.78, 5) is 37.5. The van der Waals surface area contributed by atoms with Crippen LogP contribution in [0.25, 0.3) is 0 Å². The summed E-state index contributed by atoms with van der Waals surface area (Å²) in [5.74, 6) is -0.590. The molecule has 0 bridgehead atoms. The van der Waals surface area contributed by atoms with Gasteiger partial charge in [0.1, 0.15) is 5.75 Å². The van der Waals surface area contributed by atoms with Crippen LogP contribution in [0.2, 0.25) is 0 Å². The summed E-state index contributed by atoms with van der Waals surface area (Å²) in [6.07, 6.45) is -0.314. The molecule has 7 nitrogen and oxygen atoms in total. The molecule has 36 heavy (non-hydrogen) atoms. The van der Waals surface area contributed by atoms with Gasteiger partial charge in [0, 0.05) is 16.8 Å². The molecular weight excluding hydrogens is 454 g/mol. The Kier molecular flexibility index (Phi) is 8.48. The number of ether oxygens (including phenoxy) is 1. The average Bonchev–Trinajstić information content (AvgIpc) is 2.86. The summed E-state index contributed by atoms with van der Waals surface area (Å²) in [6.45, 7) is 10.1. The van der Waals surface area contributed by atoms with Crippen LogP contribution in [0, 0.1) is 6.92 Å². The van der Waals surface area contributed by atoms with Crippen molar-refractivity contribution < 1.29 is 19.1 Å². The van der Waals surface area contributed by atoms with Crippen molar-refractivity contribution in [3.63, 3.8) is 0 Å². The van der Waals surface area contributed by atoms with E-state index in [0.29, 0.717) is 29.0 Å². The highest BCUT2D eigenvalue weighted by atomic mass is 16.5. The number of aryl methyl sites for hydroxylation is 1. The Bertz CT molecular complexity index is 1200. The van der Waals surface area contributed by atoms with E-state index < -0.39 is 17.9 Å². The summed E-state index contributed by atoms with van der Waals surface area (Å²) >= 11 is 0. The van der Waals surface area contributed by atoms with Gasteiger partial charge in [-0.3, -0.25) is 25.2 Å². The van der Waals surface area contributed by atoms with Crippen molar-refractivity contribution in [1.29, 1.82) is 0 Å². The number of amides is 3. The Labute approximate surface area is 212 Å². The van der Waals surface area contributed by atoms with Gasteiger partial charge in [0.2, 0.25) is 0 Å². The molecule has 0 aromatic heterocycles. The normalized spacial score (nSPS) is 11.8. The van der Waals surface area contributed by atoms with Gasteiger partial charge < -0.3 is 10.1 Å². The van der Waals surface area contributed by atoms with E-state index in [2.05, 4.69) is 36.9 Å². The number of rotatable bonds is 7. The maximum Gasteiger partial charge on any atom is 0.279 e. The number of nitrogens with one attached hydrogen (secondary N) is 3. The first-order valence-corrected chi connectivity index (χ1v) is 11.9. The minimum absolute atomic E-state index is 0.0104. The Morgan fingerprint density at radius 2 is 1.33 bits per heavy atom. The lowest BCUT2D eigenvalue weighted by molar-refractivity contribution is -0.128. The molecule has 3 N–H and O–H groups in total. The largest absolute Gasteiger partial charge is 0.481 e. The van der Waals surface area contributed by atoms with Gasteiger partial charge >= 0.3 is 0 Å². The van der Waals surface area contributed by atoms with Crippen molar-refractivity contribution >= 4 is 23.4 Å². The van der Waals surface area contributed by atoms with Crippen LogP contribution in [0.5, 0.6) is 5.75 Å². The highest BCUT2D eigenvalue weighted by molar-refractivity contribution is 6.04. The van der Waals surface area contributed by atoms with E-state index in [1.807, 2.05) is 38.1 Å². The molecule has 0 fully saturated rings. The highest BCUT2D eigenvalue weighted by Gasteiger charge is 2.19. The maximum absolute atomic E-state index is 12.6. The van der Waals surface area contributed by atoms with Gasteiger partial charge in [-0.25, -0.2) is 0 Å². The van der Waals surface area contributed by atoms with Crippen LogP contribution in [0.4, 0.5) is 5.69 Å². The summed E-state index contributed by atoms with van der Waals surface area (Å²) in [5.41, 5.74) is 8.50. The number of hydrogen-bond donors (Lipinski definition) is 3. The molecule has 7 heteroatoms. The zero-order chi connectivity index (χ0) is 26.3. The number of hydrazine groups is 1. The van der Waals surface area contributed by atoms with Gasteiger partial charge in [-0.15, -0.1) is 0 Å². The summed E-state index contributed by atoms with van der Waals surface area (Å²) < 4.78 is 5.73.